The van der Waals surface area contributed by atoms with E-state index in [0.29, 0.717) is 41.8 Å². The van der Waals surface area contributed by atoms with Crippen molar-refractivity contribution >= 4 is 45.8 Å². The summed E-state index contributed by atoms with van der Waals surface area (Å²) in [5.74, 6) is -1.03. The molecule has 1 fully saturated rings. The van der Waals surface area contributed by atoms with Crippen molar-refractivity contribution in [1.82, 2.24) is 0 Å². The van der Waals surface area contributed by atoms with Crippen molar-refractivity contribution in [2.45, 2.75) is 39.9 Å². The number of carbonyl (C=O) groups is 2. The summed E-state index contributed by atoms with van der Waals surface area (Å²) in [4.78, 5) is 27.0. The van der Waals surface area contributed by atoms with Gasteiger partial charge < -0.3 is 14.2 Å². The topological polar surface area (TPSA) is 157 Å². The molecule has 0 spiro atoms. The molecular weight excluding hydrogens is 512 g/mol. The van der Waals surface area contributed by atoms with Gasteiger partial charge in [-0.3, -0.25) is 0 Å². The standard InChI is InChI=1S/C26H20N4O5S2/c1-5-33-23(31)17-7-15(13(3)36-17)19-20(16-8-18(37-14(16)4)24(32)34-6-2)22-26(11-29,12-30)25(9-27,10-28)21(19)35-22/h7-8,21-22H,5-6H2,1-4H3/t21-,22+. The average molecular weight is 533 g/mol. The smallest absolute Gasteiger partial charge is 0.348 e. The van der Waals surface area contributed by atoms with E-state index in [9.17, 15) is 30.6 Å². The van der Waals surface area contributed by atoms with Gasteiger partial charge in [0.25, 0.3) is 0 Å². The number of rotatable bonds is 6. The molecule has 2 aliphatic rings. The largest absolute Gasteiger partial charge is 0.462 e. The summed E-state index contributed by atoms with van der Waals surface area (Å²) >= 11 is 2.38. The van der Waals surface area contributed by atoms with Gasteiger partial charge >= 0.3 is 11.9 Å². The quantitative estimate of drug-likeness (QED) is 0.487. The molecule has 2 bridgehead atoms. The van der Waals surface area contributed by atoms with E-state index in [-0.39, 0.29) is 13.2 Å². The summed E-state index contributed by atoms with van der Waals surface area (Å²) < 4.78 is 16.4. The molecule has 186 valence electrons. The predicted octanol–water partition coefficient (Wildman–Crippen LogP) is 4.54. The van der Waals surface area contributed by atoms with Gasteiger partial charge in [0.1, 0.15) is 22.0 Å². The van der Waals surface area contributed by atoms with E-state index in [1.165, 1.54) is 22.7 Å². The third-order valence-corrected chi connectivity index (χ3v) is 8.63. The maximum absolute atomic E-state index is 12.5. The second-order valence-electron chi connectivity index (χ2n) is 8.39. The summed E-state index contributed by atoms with van der Waals surface area (Å²) in [6.45, 7) is 7.34. The number of esters is 2. The molecule has 11 heteroatoms. The number of fused-ring (bicyclic) bond motifs is 2. The molecule has 2 aliphatic heterocycles. The van der Waals surface area contributed by atoms with E-state index >= 15 is 0 Å². The van der Waals surface area contributed by atoms with E-state index in [0.717, 1.165) is 0 Å². The van der Waals surface area contributed by atoms with Crippen LogP contribution in [-0.4, -0.2) is 37.4 Å². The van der Waals surface area contributed by atoms with Crippen LogP contribution in [0.25, 0.3) is 11.1 Å². The fraction of sp³-hybridized carbons (Fsp3) is 0.385. The van der Waals surface area contributed by atoms with Crippen LogP contribution in [0.15, 0.2) is 12.1 Å². The lowest BCUT2D eigenvalue weighted by Crippen LogP contribution is -2.47. The van der Waals surface area contributed by atoms with Crippen molar-refractivity contribution in [2.24, 2.45) is 10.8 Å². The molecular formula is C26H20N4O5S2. The molecule has 0 unspecified atom stereocenters. The molecule has 0 radical (unpaired) electrons. The summed E-state index contributed by atoms with van der Waals surface area (Å²) in [7, 11) is 0. The summed E-state index contributed by atoms with van der Waals surface area (Å²) in [5, 5.41) is 40.7. The summed E-state index contributed by atoms with van der Waals surface area (Å²) in [6.07, 6.45) is -2.48. The Hall–Kier alpha value is -4.00. The Morgan fingerprint density at radius 3 is 1.46 bits per heavy atom. The van der Waals surface area contributed by atoms with Crippen molar-refractivity contribution in [3.05, 3.63) is 42.8 Å². The second-order valence-corrected chi connectivity index (χ2v) is 10.9. The van der Waals surface area contributed by atoms with E-state index in [4.69, 9.17) is 14.2 Å². The maximum atomic E-state index is 12.5. The number of hydrogen-bond acceptors (Lipinski definition) is 11. The van der Waals surface area contributed by atoms with Gasteiger partial charge in [-0.15, -0.1) is 22.7 Å². The summed E-state index contributed by atoms with van der Waals surface area (Å²) in [6, 6.07) is 10.9. The van der Waals surface area contributed by atoms with Gasteiger partial charge in [0.15, 0.2) is 0 Å². The number of ether oxygens (including phenoxy) is 3. The zero-order chi connectivity index (χ0) is 27.1. The van der Waals surface area contributed by atoms with Gasteiger partial charge in [-0.05, 0) is 62.1 Å². The van der Waals surface area contributed by atoms with Gasteiger partial charge in [0.2, 0.25) is 10.8 Å². The first-order valence-corrected chi connectivity index (χ1v) is 12.9. The fourth-order valence-corrected chi connectivity index (χ4v) is 6.78. The zero-order valence-corrected chi connectivity index (χ0v) is 22.0. The molecule has 9 nitrogen and oxygen atoms in total. The zero-order valence-electron chi connectivity index (χ0n) is 20.4. The van der Waals surface area contributed by atoms with Crippen molar-refractivity contribution in [3.8, 4) is 24.3 Å². The molecule has 4 heterocycles. The number of thiophene rings is 2. The third kappa shape index (κ3) is 3.48. The highest BCUT2D eigenvalue weighted by atomic mass is 32.1. The molecule has 0 N–H and O–H groups in total. The minimum atomic E-state index is -2.12. The molecule has 37 heavy (non-hydrogen) atoms. The lowest BCUT2D eigenvalue weighted by molar-refractivity contribution is 0.0522. The Bertz CT molecular complexity index is 1380. The number of aryl methyl sites for hydroxylation is 2. The van der Waals surface area contributed by atoms with Crippen molar-refractivity contribution < 1.29 is 23.8 Å². The lowest BCUT2D eigenvalue weighted by Gasteiger charge is -2.34. The van der Waals surface area contributed by atoms with Gasteiger partial charge in [0.05, 0.1) is 37.5 Å². The van der Waals surface area contributed by atoms with E-state index in [1.54, 1.807) is 39.8 Å². The van der Waals surface area contributed by atoms with Gasteiger partial charge in [-0.1, -0.05) is 0 Å². The first-order valence-electron chi connectivity index (χ1n) is 11.3. The monoisotopic (exact) mass is 532 g/mol. The highest BCUT2D eigenvalue weighted by Gasteiger charge is 2.75. The van der Waals surface area contributed by atoms with Crippen LogP contribution in [0.3, 0.4) is 0 Å². The lowest BCUT2D eigenvalue weighted by atomic mass is 9.56. The number of hydrogen-bond donors (Lipinski definition) is 0. The number of nitriles is 4. The van der Waals surface area contributed by atoms with Crippen molar-refractivity contribution in [3.63, 3.8) is 0 Å². The van der Waals surface area contributed by atoms with Crippen LogP contribution in [0.4, 0.5) is 0 Å². The molecule has 1 saturated heterocycles. The molecule has 0 aromatic carbocycles. The van der Waals surface area contributed by atoms with Crippen molar-refractivity contribution in [1.29, 1.82) is 21.0 Å². The molecule has 2 aromatic heterocycles. The number of nitrogens with zero attached hydrogens (tertiary/aromatic N) is 4. The Morgan fingerprint density at radius 2 is 1.16 bits per heavy atom. The van der Waals surface area contributed by atoms with Gasteiger partial charge in [-0.25, -0.2) is 9.59 Å². The van der Waals surface area contributed by atoms with Crippen LogP contribution >= 0.6 is 22.7 Å². The highest BCUT2D eigenvalue weighted by molar-refractivity contribution is 7.14. The molecule has 2 aromatic rings. The first kappa shape index (κ1) is 26.1. The van der Waals surface area contributed by atoms with Crippen LogP contribution in [0.5, 0.6) is 0 Å². The van der Waals surface area contributed by atoms with E-state index in [2.05, 4.69) is 0 Å². The normalized spacial score (nSPS) is 20.4. The third-order valence-electron chi connectivity index (χ3n) is 6.57. The summed E-state index contributed by atoms with van der Waals surface area (Å²) in [5.41, 5.74) is -2.25. The Balaban J connectivity index is 2.05. The van der Waals surface area contributed by atoms with Crippen LogP contribution in [0, 0.1) is 70.0 Å². The predicted molar refractivity (Wildman–Crippen MR) is 133 cm³/mol. The minimum Gasteiger partial charge on any atom is -0.462 e. The Labute approximate surface area is 221 Å². The Morgan fingerprint density at radius 1 is 0.811 bits per heavy atom. The van der Waals surface area contributed by atoms with E-state index in [1.807, 2.05) is 24.3 Å². The first-order chi connectivity index (χ1) is 17.7. The molecule has 0 aliphatic carbocycles. The Kier molecular flexibility index (Phi) is 6.67. The average Bonchev–Trinajstić information content (AvgIpc) is 3.63. The SMILES string of the molecule is CCOC(=O)c1cc(C2=C(c3cc(C(=O)OCC)sc3C)[C@@H]3O[C@H]2C(C#N)(C#N)C3(C#N)C#N)c(C)s1. The van der Waals surface area contributed by atoms with Crippen LogP contribution in [0.2, 0.25) is 0 Å². The number of carbonyl (C=O) groups excluding carboxylic acids is 2. The molecule has 0 saturated carbocycles. The fourth-order valence-electron chi connectivity index (χ4n) is 4.92. The molecule has 2 atom stereocenters. The van der Waals surface area contributed by atoms with Gasteiger partial charge in [-0.2, -0.15) is 21.0 Å². The van der Waals surface area contributed by atoms with Crippen LogP contribution in [-0.2, 0) is 14.2 Å². The van der Waals surface area contributed by atoms with Crippen LogP contribution < -0.4 is 0 Å². The van der Waals surface area contributed by atoms with Gasteiger partial charge in [0, 0.05) is 9.75 Å². The van der Waals surface area contributed by atoms with E-state index < -0.39 is 35.0 Å². The second kappa shape index (κ2) is 9.47. The van der Waals surface area contributed by atoms with Crippen molar-refractivity contribution in [2.75, 3.05) is 13.2 Å². The molecule has 0 amide bonds. The minimum absolute atomic E-state index is 0.191. The maximum Gasteiger partial charge on any atom is 0.348 e. The highest BCUT2D eigenvalue weighted by Crippen LogP contribution is 2.65. The molecule has 4 rings (SSSR count). The van der Waals surface area contributed by atoms with Crippen LogP contribution in [0.1, 0.15) is 54.1 Å².